The molecule has 2 atom stereocenters. The number of piperidine rings is 2. The van der Waals surface area contributed by atoms with Gasteiger partial charge in [-0.15, -0.1) is 0 Å². The third-order valence-corrected chi connectivity index (χ3v) is 7.21. The molecule has 2 fully saturated rings. The molecule has 0 radical (unpaired) electrons. The maximum Gasteiger partial charge on any atom is 0.243 e. The van der Waals surface area contributed by atoms with Crippen LogP contribution in [0.5, 0.6) is 0 Å². The van der Waals surface area contributed by atoms with Gasteiger partial charge in [0, 0.05) is 31.5 Å². The van der Waals surface area contributed by atoms with Gasteiger partial charge < -0.3 is 4.52 Å². The quantitative estimate of drug-likeness (QED) is 0.578. The van der Waals surface area contributed by atoms with Crippen molar-refractivity contribution in [2.45, 2.75) is 56.1 Å². The second-order valence-corrected chi connectivity index (χ2v) is 9.01. The average molecular weight is 427 g/mol. The van der Waals surface area contributed by atoms with Crippen LogP contribution in [-0.4, -0.2) is 45.9 Å². The number of likely N-dealkylation sites (tertiary alicyclic amines) is 1. The number of amides is 2. The van der Waals surface area contributed by atoms with Crippen LogP contribution >= 0.6 is 12.6 Å². The van der Waals surface area contributed by atoms with Crippen LogP contribution in [0.2, 0.25) is 0 Å². The fourth-order valence-corrected chi connectivity index (χ4v) is 5.46. The predicted octanol–water partition coefficient (Wildman–Crippen LogP) is 2.60. The topological polar surface area (TPSA) is 78.7 Å². The lowest BCUT2D eigenvalue weighted by Gasteiger charge is -2.32. The standard InChI is InChI=1S/C22H26N4O3S/c27-20-4-3-19(21(28)23-20)26-13-16-11-14(1-2-17(16)22(26)30)12-25-8-5-15(6-9-25)18-7-10-29-24-18/h1-2,7,10-11,15,19,22,30H,3-6,8-9,12-13H2,(H,23,27,28). The number of hydrogen-bond acceptors (Lipinski definition) is 7. The van der Waals surface area contributed by atoms with E-state index in [4.69, 9.17) is 17.2 Å². The van der Waals surface area contributed by atoms with E-state index in [1.807, 2.05) is 6.07 Å². The summed E-state index contributed by atoms with van der Waals surface area (Å²) in [6.45, 7) is 3.71. The maximum atomic E-state index is 12.3. The molecule has 5 rings (SSSR count). The van der Waals surface area contributed by atoms with E-state index in [0.717, 1.165) is 43.7 Å². The van der Waals surface area contributed by atoms with Gasteiger partial charge in [-0.3, -0.25) is 24.7 Å². The monoisotopic (exact) mass is 426 g/mol. The van der Waals surface area contributed by atoms with Gasteiger partial charge in [0.15, 0.2) is 0 Å². The number of aromatic nitrogens is 1. The van der Waals surface area contributed by atoms with Crippen LogP contribution in [0.15, 0.2) is 35.1 Å². The Balaban J connectivity index is 1.22. The van der Waals surface area contributed by atoms with Crippen molar-refractivity contribution in [3.05, 3.63) is 52.9 Å². The van der Waals surface area contributed by atoms with Crippen LogP contribution in [0.3, 0.4) is 0 Å². The highest BCUT2D eigenvalue weighted by Gasteiger charge is 2.39. The van der Waals surface area contributed by atoms with Gasteiger partial charge in [0.1, 0.15) is 6.26 Å². The first-order valence-electron chi connectivity index (χ1n) is 10.6. The van der Waals surface area contributed by atoms with E-state index in [1.54, 1.807) is 6.26 Å². The number of imide groups is 1. The van der Waals surface area contributed by atoms with E-state index in [9.17, 15) is 9.59 Å². The van der Waals surface area contributed by atoms with E-state index in [1.165, 1.54) is 11.1 Å². The molecule has 0 spiro atoms. The summed E-state index contributed by atoms with van der Waals surface area (Å²) in [5.41, 5.74) is 4.76. The number of rotatable bonds is 4. The van der Waals surface area contributed by atoms with Crippen molar-refractivity contribution in [3.63, 3.8) is 0 Å². The van der Waals surface area contributed by atoms with E-state index < -0.39 is 0 Å². The van der Waals surface area contributed by atoms with Crippen molar-refractivity contribution in [1.82, 2.24) is 20.3 Å². The summed E-state index contributed by atoms with van der Waals surface area (Å²) in [6.07, 6.45) is 4.79. The number of benzene rings is 1. The Kier molecular flexibility index (Phi) is 5.39. The van der Waals surface area contributed by atoms with E-state index in [-0.39, 0.29) is 23.2 Å². The molecular formula is C22H26N4O3S. The second-order valence-electron chi connectivity index (χ2n) is 8.52. The van der Waals surface area contributed by atoms with Crippen LogP contribution in [0.1, 0.15) is 59.4 Å². The molecular weight excluding hydrogens is 400 g/mol. The van der Waals surface area contributed by atoms with Gasteiger partial charge in [-0.1, -0.05) is 23.4 Å². The first-order chi connectivity index (χ1) is 14.6. The Labute approximate surface area is 181 Å². The zero-order valence-electron chi connectivity index (χ0n) is 16.8. The molecule has 4 heterocycles. The van der Waals surface area contributed by atoms with Crippen molar-refractivity contribution < 1.29 is 14.1 Å². The Morgan fingerprint density at radius 3 is 2.73 bits per heavy atom. The molecule has 2 aromatic rings. The SMILES string of the molecule is O=C1CCC(N2Cc3cc(CN4CCC(c5ccon5)CC4)ccc3C2S)C(=O)N1. The first kappa shape index (κ1) is 19.8. The van der Waals surface area contributed by atoms with Gasteiger partial charge in [0.2, 0.25) is 11.8 Å². The van der Waals surface area contributed by atoms with Crippen molar-refractivity contribution in [1.29, 1.82) is 0 Å². The van der Waals surface area contributed by atoms with Crippen molar-refractivity contribution in [2.75, 3.05) is 13.1 Å². The number of carbonyl (C=O) groups excluding carboxylic acids is 2. The summed E-state index contributed by atoms with van der Waals surface area (Å²) in [4.78, 5) is 28.4. The second kappa shape index (κ2) is 8.17. The summed E-state index contributed by atoms with van der Waals surface area (Å²) < 4.78 is 4.99. The van der Waals surface area contributed by atoms with Gasteiger partial charge >= 0.3 is 0 Å². The summed E-state index contributed by atoms with van der Waals surface area (Å²) in [6, 6.07) is 8.27. The number of nitrogens with zero attached hydrogens (tertiary/aromatic N) is 3. The molecule has 1 N–H and O–H groups in total. The fourth-order valence-electron chi connectivity index (χ4n) is 4.96. The van der Waals surface area contributed by atoms with Crippen LogP contribution in [0.25, 0.3) is 0 Å². The largest absolute Gasteiger partial charge is 0.365 e. The molecule has 30 heavy (non-hydrogen) atoms. The lowest BCUT2D eigenvalue weighted by atomic mass is 9.93. The van der Waals surface area contributed by atoms with Gasteiger partial charge in [-0.25, -0.2) is 0 Å². The van der Waals surface area contributed by atoms with Crippen LogP contribution in [0, 0.1) is 0 Å². The molecule has 2 saturated heterocycles. The zero-order chi connectivity index (χ0) is 20.7. The minimum atomic E-state index is -0.295. The first-order valence-corrected chi connectivity index (χ1v) is 11.1. The van der Waals surface area contributed by atoms with Crippen molar-refractivity contribution in [2.24, 2.45) is 0 Å². The average Bonchev–Trinajstić information content (AvgIpc) is 3.37. The molecule has 2 amide bonds. The Morgan fingerprint density at radius 1 is 1.17 bits per heavy atom. The Morgan fingerprint density at radius 2 is 2.00 bits per heavy atom. The molecule has 8 heteroatoms. The summed E-state index contributed by atoms with van der Waals surface area (Å²) >= 11 is 4.78. The molecule has 7 nitrogen and oxygen atoms in total. The maximum absolute atomic E-state index is 12.3. The number of carbonyl (C=O) groups is 2. The van der Waals surface area contributed by atoms with E-state index in [0.29, 0.717) is 25.3 Å². The van der Waals surface area contributed by atoms with Gasteiger partial charge in [0.05, 0.1) is 17.1 Å². The van der Waals surface area contributed by atoms with Crippen LogP contribution < -0.4 is 5.32 Å². The third-order valence-electron chi connectivity index (χ3n) is 6.63. The fraction of sp³-hybridized carbons (Fsp3) is 0.500. The normalized spacial score (nSPS) is 26.0. The molecule has 1 aromatic carbocycles. The predicted molar refractivity (Wildman–Crippen MR) is 114 cm³/mol. The highest BCUT2D eigenvalue weighted by atomic mass is 32.1. The number of nitrogens with one attached hydrogen (secondary N) is 1. The summed E-state index contributed by atoms with van der Waals surface area (Å²) in [5.74, 6) is 0.110. The number of thiol groups is 1. The Bertz CT molecular complexity index is 940. The smallest absolute Gasteiger partial charge is 0.243 e. The number of hydrogen-bond donors (Lipinski definition) is 2. The minimum Gasteiger partial charge on any atom is -0.365 e. The van der Waals surface area contributed by atoms with Crippen LogP contribution in [-0.2, 0) is 22.7 Å². The van der Waals surface area contributed by atoms with Crippen molar-refractivity contribution in [3.8, 4) is 0 Å². The van der Waals surface area contributed by atoms with Crippen molar-refractivity contribution >= 4 is 24.4 Å². The highest BCUT2D eigenvalue weighted by molar-refractivity contribution is 7.80. The minimum absolute atomic E-state index is 0.115. The molecule has 3 aliphatic heterocycles. The lowest BCUT2D eigenvalue weighted by molar-refractivity contribution is -0.137. The van der Waals surface area contributed by atoms with E-state index >= 15 is 0 Å². The lowest BCUT2D eigenvalue weighted by Crippen LogP contribution is -2.51. The van der Waals surface area contributed by atoms with E-state index in [2.05, 4.69) is 38.5 Å². The van der Waals surface area contributed by atoms with Gasteiger partial charge in [-0.2, -0.15) is 12.6 Å². The molecule has 158 valence electrons. The molecule has 2 unspecified atom stereocenters. The Hall–Kier alpha value is -2.16. The molecule has 3 aliphatic rings. The molecule has 1 aromatic heterocycles. The molecule has 0 bridgehead atoms. The summed E-state index contributed by atoms with van der Waals surface area (Å²) in [7, 11) is 0. The molecule has 0 aliphatic carbocycles. The zero-order valence-corrected chi connectivity index (χ0v) is 17.7. The highest BCUT2D eigenvalue weighted by Crippen LogP contribution is 2.39. The van der Waals surface area contributed by atoms with Crippen LogP contribution in [0.4, 0.5) is 0 Å². The molecule has 0 saturated carbocycles. The third kappa shape index (κ3) is 3.79. The number of fused-ring (bicyclic) bond motifs is 1. The van der Waals surface area contributed by atoms with Gasteiger partial charge in [-0.05, 0) is 49.0 Å². The summed E-state index contributed by atoms with van der Waals surface area (Å²) in [5, 5.41) is 6.45. The van der Waals surface area contributed by atoms with Gasteiger partial charge in [0.25, 0.3) is 0 Å².